The van der Waals surface area contributed by atoms with Gasteiger partial charge in [0.25, 0.3) is 0 Å². The van der Waals surface area contributed by atoms with Gasteiger partial charge in [0.1, 0.15) is 5.82 Å². The molecule has 6 heteroatoms. The summed E-state index contributed by atoms with van der Waals surface area (Å²) >= 11 is 11.9. The zero-order chi connectivity index (χ0) is 18.5. The summed E-state index contributed by atoms with van der Waals surface area (Å²) in [6.07, 6.45) is 1.73. The number of hydrogen-bond donors (Lipinski definition) is 1. The predicted octanol–water partition coefficient (Wildman–Crippen LogP) is 4.46. The molecular formula is C20H21Cl2FN2O. The van der Waals surface area contributed by atoms with Crippen LogP contribution in [-0.4, -0.2) is 29.9 Å². The van der Waals surface area contributed by atoms with Crippen molar-refractivity contribution in [1.82, 2.24) is 10.2 Å². The molecule has 138 valence electrons. The number of benzene rings is 2. The van der Waals surface area contributed by atoms with Gasteiger partial charge in [0, 0.05) is 41.3 Å². The van der Waals surface area contributed by atoms with Crippen LogP contribution in [0.1, 0.15) is 24.0 Å². The molecule has 3 rings (SSSR count). The minimum atomic E-state index is -0.439. The number of halogens is 3. The number of carbonyl (C=O) groups is 1. The highest BCUT2D eigenvalue weighted by atomic mass is 35.5. The van der Waals surface area contributed by atoms with E-state index in [4.69, 9.17) is 23.2 Å². The van der Waals surface area contributed by atoms with Crippen molar-refractivity contribution in [2.45, 2.75) is 31.8 Å². The van der Waals surface area contributed by atoms with Crippen molar-refractivity contribution in [3.63, 3.8) is 0 Å². The maximum absolute atomic E-state index is 13.8. The van der Waals surface area contributed by atoms with Crippen LogP contribution in [0.4, 0.5) is 4.39 Å². The van der Waals surface area contributed by atoms with Gasteiger partial charge in [-0.15, -0.1) is 0 Å². The Labute approximate surface area is 163 Å². The lowest BCUT2D eigenvalue weighted by molar-refractivity contribution is -0.121. The summed E-state index contributed by atoms with van der Waals surface area (Å²) in [4.78, 5) is 14.6. The van der Waals surface area contributed by atoms with Gasteiger partial charge in [0.05, 0.1) is 6.42 Å². The lowest BCUT2D eigenvalue weighted by atomic mass is 10.0. The number of rotatable bonds is 5. The van der Waals surface area contributed by atoms with Crippen LogP contribution < -0.4 is 5.32 Å². The van der Waals surface area contributed by atoms with Gasteiger partial charge in [-0.05, 0) is 42.7 Å². The van der Waals surface area contributed by atoms with Crippen LogP contribution in [0.3, 0.4) is 0 Å². The van der Waals surface area contributed by atoms with E-state index in [1.807, 2.05) is 24.3 Å². The first-order valence-corrected chi connectivity index (χ1v) is 9.46. The Kier molecular flexibility index (Phi) is 6.52. The van der Waals surface area contributed by atoms with Gasteiger partial charge >= 0.3 is 0 Å². The third kappa shape index (κ3) is 5.19. The Morgan fingerprint density at radius 1 is 1.12 bits per heavy atom. The quantitative estimate of drug-likeness (QED) is 0.811. The number of piperidine rings is 1. The normalized spacial score (nSPS) is 15.8. The minimum Gasteiger partial charge on any atom is -0.353 e. The molecule has 1 N–H and O–H groups in total. The van der Waals surface area contributed by atoms with Crippen molar-refractivity contribution in [2.75, 3.05) is 13.1 Å². The van der Waals surface area contributed by atoms with Crippen molar-refractivity contribution in [3.05, 3.63) is 69.5 Å². The second-order valence-electron chi connectivity index (χ2n) is 6.62. The number of hydrogen-bond acceptors (Lipinski definition) is 2. The lowest BCUT2D eigenvalue weighted by Crippen LogP contribution is -2.44. The fraction of sp³-hybridized carbons (Fsp3) is 0.350. The molecular weight excluding hydrogens is 374 g/mol. The minimum absolute atomic E-state index is 0.0313. The highest BCUT2D eigenvalue weighted by Crippen LogP contribution is 2.20. The van der Waals surface area contributed by atoms with Crippen molar-refractivity contribution in [1.29, 1.82) is 0 Å². The Hall–Kier alpha value is -1.62. The van der Waals surface area contributed by atoms with Crippen molar-refractivity contribution in [2.24, 2.45) is 0 Å². The number of amides is 1. The van der Waals surface area contributed by atoms with E-state index in [1.54, 1.807) is 6.07 Å². The Morgan fingerprint density at radius 3 is 2.46 bits per heavy atom. The molecule has 1 aliphatic rings. The maximum atomic E-state index is 13.8. The molecule has 2 aromatic carbocycles. The molecule has 1 saturated heterocycles. The first-order valence-electron chi connectivity index (χ1n) is 8.70. The van der Waals surface area contributed by atoms with Gasteiger partial charge in [-0.25, -0.2) is 4.39 Å². The molecule has 0 bridgehead atoms. The van der Waals surface area contributed by atoms with E-state index in [0.29, 0.717) is 0 Å². The Balaban J connectivity index is 1.46. The third-order valence-corrected chi connectivity index (χ3v) is 5.28. The lowest BCUT2D eigenvalue weighted by Gasteiger charge is -2.32. The summed E-state index contributed by atoms with van der Waals surface area (Å²) in [5.74, 6) is -0.626. The number of nitrogens with one attached hydrogen (secondary N) is 1. The van der Waals surface area contributed by atoms with E-state index >= 15 is 0 Å². The van der Waals surface area contributed by atoms with Crippen LogP contribution in [0, 0.1) is 5.82 Å². The molecule has 2 aromatic rings. The van der Waals surface area contributed by atoms with Crippen LogP contribution in [-0.2, 0) is 17.8 Å². The fourth-order valence-electron chi connectivity index (χ4n) is 3.22. The number of carbonyl (C=O) groups excluding carboxylic acids is 1. The molecule has 0 saturated carbocycles. The first-order chi connectivity index (χ1) is 12.5. The third-order valence-electron chi connectivity index (χ3n) is 4.67. The molecule has 0 aliphatic carbocycles. The Bertz CT molecular complexity index is 739. The van der Waals surface area contributed by atoms with Gasteiger partial charge in [0.2, 0.25) is 5.91 Å². The SMILES string of the molecule is O=C(Cc1c(F)cccc1Cl)NC1CCN(Cc2ccc(Cl)cc2)CC1. The fourth-order valence-corrected chi connectivity index (χ4v) is 3.58. The van der Waals surface area contributed by atoms with E-state index in [2.05, 4.69) is 10.2 Å². The zero-order valence-electron chi connectivity index (χ0n) is 14.4. The number of nitrogens with zero attached hydrogens (tertiary/aromatic N) is 1. The second-order valence-corrected chi connectivity index (χ2v) is 7.47. The molecule has 0 spiro atoms. The molecule has 0 aromatic heterocycles. The highest BCUT2D eigenvalue weighted by Gasteiger charge is 2.21. The van der Waals surface area contributed by atoms with Gasteiger partial charge in [-0.2, -0.15) is 0 Å². The number of likely N-dealkylation sites (tertiary alicyclic amines) is 1. The molecule has 1 amide bonds. The second kappa shape index (κ2) is 8.85. The van der Waals surface area contributed by atoms with Crippen LogP contribution in [0.15, 0.2) is 42.5 Å². The molecule has 26 heavy (non-hydrogen) atoms. The van der Waals surface area contributed by atoms with Crippen molar-refractivity contribution < 1.29 is 9.18 Å². The molecule has 1 fully saturated rings. The van der Waals surface area contributed by atoms with Gasteiger partial charge in [-0.3, -0.25) is 9.69 Å². The van der Waals surface area contributed by atoms with Crippen LogP contribution in [0.2, 0.25) is 10.0 Å². The molecule has 1 heterocycles. The molecule has 0 radical (unpaired) electrons. The standard InChI is InChI=1S/C20H21Cl2FN2O/c21-15-6-4-14(5-7-15)13-25-10-8-16(9-11-25)24-20(26)12-17-18(22)2-1-3-19(17)23/h1-7,16H,8-13H2,(H,24,26). The van der Waals surface area contributed by atoms with Gasteiger partial charge in [-0.1, -0.05) is 41.4 Å². The van der Waals surface area contributed by atoms with Crippen LogP contribution in [0.5, 0.6) is 0 Å². The zero-order valence-corrected chi connectivity index (χ0v) is 15.9. The van der Waals surface area contributed by atoms with Gasteiger partial charge < -0.3 is 5.32 Å². The summed E-state index contributed by atoms with van der Waals surface area (Å²) in [6.45, 7) is 2.70. The molecule has 0 unspecified atom stereocenters. The summed E-state index contributed by atoms with van der Waals surface area (Å²) in [5, 5.41) is 4.04. The largest absolute Gasteiger partial charge is 0.353 e. The Morgan fingerprint density at radius 2 is 1.81 bits per heavy atom. The molecule has 1 aliphatic heterocycles. The smallest absolute Gasteiger partial charge is 0.224 e. The summed E-state index contributed by atoms with van der Waals surface area (Å²) in [6, 6.07) is 12.5. The summed E-state index contributed by atoms with van der Waals surface area (Å²) in [5.41, 5.74) is 1.48. The predicted molar refractivity (Wildman–Crippen MR) is 103 cm³/mol. The molecule has 3 nitrogen and oxygen atoms in total. The van der Waals surface area contributed by atoms with Crippen LogP contribution >= 0.6 is 23.2 Å². The first kappa shape index (κ1) is 19.2. The van der Waals surface area contributed by atoms with E-state index in [0.717, 1.165) is 37.5 Å². The molecule has 0 atom stereocenters. The van der Waals surface area contributed by atoms with E-state index in [-0.39, 0.29) is 29.0 Å². The summed E-state index contributed by atoms with van der Waals surface area (Å²) < 4.78 is 13.8. The maximum Gasteiger partial charge on any atom is 0.224 e. The highest BCUT2D eigenvalue weighted by molar-refractivity contribution is 6.31. The summed E-state index contributed by atoms with van der Waals surface area (Å²) in [7, 11) is 0. The van der Waals surface area contributed by atoms with E-state index in [1.165, 1.54) is 17.7 Å². The van der Waals surface area contributed by atoms with Crippen molar-refractivity contribution in [3.8, 4) is 0 Å². The topological polar surface area (TPSA) is 32.3 Å². The van der Waals surface area contributed by atoms with E-state index in [9.17, 15) is 9.18 Å². The van der Waals surface area contributed by atoms with Crippen LogP contribution in [0.25, 0.3) is 0 Å². The van der Waals surface area contributed by atoms with Gasteiger partial charge in [0.15, 0.2) is 0 Å². The van der Waals surface area contributed by atoms with E-state index < -0.39 is 5.82 Å². The average molecular weight is 395 g/mol. The van der Waals surface area contributed by atoms with Crippen molar-refractivity contribution >= 4 is 29.1 Å². The average Bonchev–Trinajstić information content (AvgIpc) is 2.62. The monoisotopic (exact) mass is 394 g/mol.